The average molecular weight is 422 g/mol. The fraction of sp³-hybridized carbons (Fsp3) is 0.368. The summed E-state index contributed by atoms with van der Waals surface area (Å²) in [6, 6.07) is 4.56. The Hall–Kier alpha value is -3.07. The molecule has 2 aromatic rings. The van der Waals surface area contributed by atoms with E-state index in [1.54, 1.807) is 6.07 Å². The molecule has 0 aliphatic heterocycles. The number of Topliss-reactive ketones (excluding diaryl/α,β-unsaturated/α-hetero) is 1. The topological polar surface area (TPSA) is 128 Å². The number of ketones is 1. The monoisotopic (exact) mass is 421 g/mol. The van der Waals surface area contributed by atoms with Gasteiger partial charge in [-0.15, -0.1) is 0 Å². The van der Waals surface area contributed by atoms with Gasteiger partial charge in [0.15, 0.2) is 5.78 Å². The van der Waals surface area contributed by atoms with Crippen LogP contribution in [-0.4, -0.2) is 34.4 Å². The number of hydrogen-bond donors (Lipinski definition) is 3. The van der Waals surface area contributed by atoms with E-state index in [2.05, 4.69) is 10.6 Å². The van der Waals surface area contributed by atoms with Crippen LogP contribution in [0.25, 0.3) is 0 Å². The van der Waals surface area contributed by atoms with Crippen LogP contribution < -0.4 is 27.6 Å². The molecule has 1 amide bonds. The van der Waals surface area contributed by atoms with E-state index in [9.17, 15) is 19.2 Å². The summed E-state index contributed by atoms with van der Waals surface area (Å²) in [4.78, 5) is 49.4. The van der Waals surface area contributed by atoms with Gasteiger partial charge < -0.3 is 16.4 Å². The van der Waals surface area contributed by atoms with E-state index in [1.165, 1.54) is 30.8 Å². The Labute approximate surface area is 172 Å². The minimum Gasteiger partial charge on any atom is -0.384 e. The van der Waals surface area contributed by atoms with Crippen LogP contribution in [-0.2, 0) is 13.6 Å². The van der Waals surface area contributed by atoms with Crippen LogP contribution in [0.5, 0.6) is 0 Å². The number of nitrogens with one attached hydrogen (secondary N) is 2. The summed E-state index contributed by atoms with van der Waals surface area (Å²) in [7, 11) is 2.80. The minimum atomic E-state index is -0.760. The molecule has 0 unspecified atom stereocenters. The fourth-order valence-electron chi connectivity index (χ4n) is 2.80. The lowest BCUT2D eigenvalue weighted by atomic mass is 10.1. The van der Waals surface area contributed by atoms with E-state index < -0.39 is 17.0 Å². The molecule has 0 saturated heterocycles. The number of carbonyl (C=O) groups excluding carboxylic acids is 2. The van der Waals surface area contributed by atoms with E-state index in [-0.39, 0.29) is 36.3 Å². The smallest absolute Gasteiger partial charge is 0.332 e. The largest absolute Gasteiger partial charge is 0.384 e. The standard InChI is InChI=1S/C19H24ClN5O4/c1-10(2)9-25-16(21)15(18(28)24(4)19(25)29)14(26)8-23-13-7-11(17(27)22-3)5-6-12(13)20/h5-7,10,23H,8-9,21H2,1-4H3,(H,22,27). The Kier molecular flexibility index (Phi) is 6.86. The third-order valence-electron chi connectivity index (χ3n) is 4.30. The summed E-state index contributed by atoms with van der Waals surface area (Å²) in [6.07, 6.45) is 0. The van der Waals surface area contributed by atoms with Crippen molar-refractivity contribution in [2.75, 3.05) is 24.6 Å². The number of anilines is 2. The molecule has 0 bridgehead atoms. The first-order chi connectivity index (χ1) is 13.6. The molecular weight excluding hydrogens is 398 g/mol. The maximum Gasteiger partial charge on any atom is 0.332 e. The van der Waals surface area contributed by atoms with Gasteiger partial charge in [-0.3, -0.25) is 23.5 Å². The van der Waals surface area contributed by atoms with Crippen molar-refractivity contribution >= 4 is 34.8 Å². The molecule has 29 heavy (non-hydrogen) atoms. The van der Waals surface area contributed by atoms with Gasteiger partial charge in [-0.1, -0.05) is 25.4 Å². The molecule has 0 fully saturated rings. The summed E-state index contributed by atoms with van der Waals surface area (Å²) in [5, 5.41) is 5.63. The second-order valence-corrected chi connectivity index (χ2v) is 7.37. The van der Waals surface area contributed by atoms with Gasteiger partial charge in [-0.05, 0) is 24.1 Å². The molecule has 4 N–H and O–H groups in total. The summed E-state index contributed by atoms with van der Waals surface area (Å²) < 4.78 is 2.09. The zero-order valence-electron chi connectivity index (χ0n) is 16.7. The average Bonchev–Trinajstić information content (AvgIpc) is 2.68. The number of halogens is 1. The molecule has 0 saturated carbocycles. The van der Waals surface area contributed by atoms with Gasteiger partial charge in [0, 0.05) is 26.2 Å². The third-order valence-corrected chi connectivity index (χ3v) is 4.63. The minimum absolute atomic E-state index is 0.0832. The molecule has 9 nitrogen and oxygen atoms in total. The Morgan fingerprint density at radius 3 is 2.48 bits per heavy atom. The highest BCUT2D eigenvalue weighted by molar-refractivity contribution is 6.33. The lowest BCUT2D eigenvalue weighted by Gasteiger charge is -2.16. The number of nitrogen functional groups attached to an aromatic ring is 1. The first kappa shape index (κ1) is 22.2. The van der Waals surface area contributed by atoms with Crippen LogP contribution in [0, 0.1) is 5.92 Å². The van der Waals surface area contributed by atoms with E-state index in [0.717, 1.165) is 4.57 Å². The normalized spacial score (nSPS) is 10.8. The second kappa shape index (κ2) is 8.95. The Morgan fingerprint density at radius 1 is 1.24 bits per heavy atom. The summed E-state index contributed by atoms with van der Waals surface area (Å²) in [6.45, 7) is 3.76. The number of amides is 1. The highest BCUT2D eigenvalue weighted by atomic mass is 35.5. The molecule has 156 valence electrons. The SMILES string of the molecule is CNC(=O)c1ccc(Cl)c(NCC(=O)c2c(N)n(CC(C)C)c(=O)n(C)c2=O)c1. The van der Waals surface area contributed by atoms with E-state index in [4.69, 9.17) is 17.3 Å². The van der Waals surface area contributed by atoms with Gasteiger partial charge in [0.1, 0.15) is 11.4 Å². The lowest BCUT2D eigenvalue weighted by Crippen LogP contribution is -2.43. The molecule has 1 heterocycles. The van der Waals surface area contributed by atoms with E-state index >= 15 is 0 Å². The second-order valence-electron chi connectivity index (χ2n) is 6.96. The third kappa shape index (κ3) is 4.68. The number of rotatable bonds is 7. The number of nitrogens with zero attached hydrogens (tertiary/aromatic N) is 2. The number of benzene rings is 1. The molecule has 0 atom stereocenters. The van der Waals surface area contributed by atoms with Crippen LogP contribution in [0.2, 0.25) is 5.02 Å². The predicted octanol–water partition coefficient (Wildman–Crippen LogP) is 1.09. The molecule has 0 spiro atoms. The van der Waals surface area contributed by atoms with Crippen molar-refractivity contribution in [1.29, 1.82) is 0 Å². The number of hydrogen-bond acceptors (Lipinski definition) is 6. The molecule has 0 aliphatic carbocycles. The highest BCUT2D eigenvalue weighted by Crippen LogP contribution is 2.23. The quantitative estimate of drug-likeness (QED) is 0.574. The summed E-state index contributed by atoms with van der Waals surface area (Å²) >= 11 is 6.12. The van der Waals surface area contributed by atoms with Gasteiger partial charge in [0.25, 0.3) is 11.5 Å². The van der Waals surface area contributed by atoms with Crippen LogP contribution in [0.4, 0.5) is 11.5 Å². The number of nitrogens with two attached hydrogens (primary N) is 1. The lowest BCUT2D eigenvalue weighted by molar-refractivity contribution is 0.0962. The maximum absolute atomic E-state index is 12.8. The maximum atomic E-state index is 12.8. The number of carbonyl (C=O) groups is 2. The fourth-order valence-corrected chi connectivity index (χ4v) is 2.98. The van der Waals surface area contributed by atoms with E-state index in [0.29, 0.717) is 16.3 Å². The molecule has 1 aromatic heterocycles. The number of aromatic nitrogens is 2. The first-order valence-electron chi connectivity index (χ1n) is 8.96. The van der Waals surface area contributed by atoms with Crippen LogP contribution in [0.15, 0.2) is 27.8 Å². The van der Waals surface area contributed by atoms with Crippen LogP contribution >= 0.6 is 11.6 Å². The van der Waals surface area contributed by atoms with Gasteiger partial charge in [-0.2, -0.15) is 0 Å². The van der Waals surface area contributed by atoms with Gasteiger partial charge in [-0.25, -0.2) is 4.79 Å². The molecule has 0 radical (unpaired) electrons. The van der Waals surface area contributed by atoms with Crippen molar-refractivity contribution in [3.05, 3.63) is 55.2 Å². The molecule has 1 aromatic carbocycles. The Morgan fingerprint density at radius 2 is 1.90 bits per heavy atom. The van der Waals surface area contributed by atoms with Gasteiger partial charge in [0.2, 0.25) is 0 Å². The summed E-state index contributed by atoms with van der Waals surface area (Å²) in [5.74, 6) is -0.986. The van der Waals surface area contributed by atoms with E-state index in [1.807, 2.05) is 13.8 Å². The molecular formula is C19H24ClN5O4. The van der Waals surface area contributed by atoms with Crippen molar-refractivity contribution in [3.8, 4) is 0 Å². The van der Waals surface area contributed by atoms with Crippen molar-refractivity contribution in [2.45, 2.75) is 20.4 Å². The van der Waals surface area contributed by atoms with Crippen molar-refractivity contribution in [3.63, 3.8) is 0 Å². The van der Waals surface area contributed by atoms with Crippen molar-refractivity contribution in [2.24, 2.45) is 13.0 Å². The molecule has 0 aliphatic rings. The zero-order chi connectivity index (χ0) is 21.9. The first-order valence-corrected chi connectivity index (χ1v) is 9.34. The predicted molar refractivity (Wildman–Crippen MR) is 113 cm³/mol. The van der Waals surface area contributed by atoms with Crippen molar-refractivity contribution in [1.82, 2.24) is 14.5 Å². The molecule has 2 rings (SSSR count). The van der Waals surface area contributed by atoms with Crippen LogP contribution in [0.1, 0.15) is 34.6 Å². The van der Waals surface area contributed by atoms with Gasteiger partial charge >= 0.3 is 5.69 Å². The molecule has 10 heteroatoms. The highest BCUT2D eigenvalue weighted by Gasteiger charge is 2.22. The zero-order valence-corrected chi connectivity index (χ0v) is 17.5. The summed E-state index contributed by atoms with van der Waals surface area (Å²) in [5.41, 5.74) is 5.11. The van der Waals surface area contributed by atoms with Gasteiger partial charge in [0.05, 0.1) is 17.3 Å². The van der Waals surface area contributed by atoms with Crippen molar-refractivity contribution < 1.29 is 9.59 Å². The Bertz CT molecular complexity index is 1070. The Balaban J connectivity index is 2.37. The van der Waals surface area contributed by atoms with Crippen LogP contribution in [0.3, 0.4) is 0 Å².